The number of hydrogen-bond donors (Lipinski definition) is 0. The molecule has 0 aliphatic rings. The highest BCUT2D eigenvalue weighted by atomic mass is 16.7. The minimum atomic E-state index is -0.219. The lowest BCUT2D eigenvalue weighted by Crippen LogP contribution is -2.25. The number of rotatable bonds is 2. The summed E-state index contributed by atoms with van der Waals surface area (Å²) < 4.78 is 1.59. The molecule has 0 radical (unpaired) electrons. The largest absolute Gasteiger partial charge is 0.277 e. The Hall–Kier alpha value is -1.95. The Balaban J connectivity index is 2.39. The van der Waals surface area contributed by atoms with Gasteiger partial charge in [-0.05, 0) is 12.1 Å². The van der Waals surface area contributed by atoms with Crippen molar-refractivity contribution in [3.05, 3.63) is 30.2 Å². The van der Waals surface area contributed by atoms with E-state index in [1.165, 1.54) is 13.4 Å². The van der Waals surface area contributed by atoms with Crippen LogP contribution in [0.4, 0.5) is 0 Å². The minimum Gasteiger partial charge on any atom is -0.274 e. The first-order chi connectivity index (χ1) is 7.22. The van der Waals surface area contributed by atoms with Gasteiger partial charge in [0, 0.05) is 18.8 Å². The molecule has 2 aromatic rings. The van der Waals surface area contributed by atoms with Crippen molar-refractivity contribution in [2.24, 2.45) is 0 Å². The van der Waals surface area contributed by atoms with Crippen molar-refractivity contribution < 1.29 is 9.63 Å². The van der Waals surface area contributed by atoms with Crippen LogP contribution < -0.4 is 0 Å². The molecule has 0 fully saturated rings. The molecule has 0 N–H and O–H groups in total. The fourth-order valence-corrected chi connectivity index (χ4v) is 1.21. The maximum absolute atomic E-state index is 11.7. The first-order valence-electron chi connectivity index (χ1n) is 4.34. The second kappa shape index (κ2) is 3.66. The third-order valence-electron chi connectivity index (χ3n) is 2.09. The van der Waals surface area contributed by atoms with Gasteiger partial charge in [-0.2, -0.15) is 5.10 Å². The monoisotopic (exact) mass is 206 g/mol. The van der Waals surface area contributed by atoms with E-state index in [4.69, 9.17) is 4.84 Å². The highest BCUT2D eigenvalue weighted by Crippen LogP contribution is 2.06. The number of pyridine rings is 1. The first kappa shape index (κ1) is 9.60. The van der Waals surface area contributed by atoms with Gasteiger partial charge in [-0.25, -0.2) is 14.6 Å². The molecule has 0 aliphatic carbocycles. The normalized spacial score (nSPS) is 10.5. The highest BCUT2D eigenvalue weighted by Gasteiger charge is 2.11. The molecule has 6 nitrogen and oxygen atoms in total. The van der Waals surface area contributed by atoms with E-state index in [1.807, 2.05) is 0 Å². The van der Waals surface area contributed by atoms with Gasteiger partial charge >= 0.3 is 0 Å². The predicted octanol–water partition coefficient (Wildman–Crippen LogP) is 0.363. The SMILES string of the molecule is CON(C)C(=O)c1ccn2ncnc2c1. The molecule has 0 saturated carbocycles. The van der Waals surface area contributed by atoms with Gasteiger partial charge in [0.2, 0.25) is 0 Å². The van der Waals surface area contributed by atoms with Gasteiger partial charge in [0.05, 0.1) is 7.11 Å². The third kappa shape index (κ3) is 1.66. The number of aromatic nitrogens is 3. The number of nitrogens with zero attached hydrogens (tertiary/aromatic N) is 4. The molecular formula is C9H10N4O2. The van der Waals surface area contributed by atoms with Gasteiger partial charge in [0.15, 0.2) is 5.65 Å². The van der Waals surface area contributed by atoms with E-state index in [1.54, 1.807) is 29.9 Å². The summed E-state index contributed by atoms with van der Waals surface area (Å²) in [5, 5.41) is 5.09. The van der Waals surface area contributed by atoms with E-state index in [0.717, 1.165) is 5.06 Å². The van der Waals surface area contributed by atoms with Crippen LogP contribution in [-0.4, -0.2) is 39.7 Å². The summed E-state index contributed by atoms with van der Waals surface area (Å²) in [7, 11) is 2.99. The standard InChI is InChI=1S/C9H10N4O2/c1-12(15-2)9(14)7-3-4-13-8(5-7)10-6-11-13/h3-6H,1-2H3. The van der Waals surface area contributed by atoms with Crippen LogP contribution in [0.3, 0.4) is 0 Å². The van der Waals surface area contributed by atoms with Crippen LogP contribution in [0.15, 0.2) is 24.7 Å². The lowest BCUT2D eigenvalue weighted by molar-refractivity contribution is -0.0756. The number of carbonyl (C=O) groups excluding carboxylic acids is 1. The Bertz CT molecular complexity index is 494. The highest BCUT2D eigenvalue weighted by molar-refractivity contribution is 5.94. The van der Waals surface area contributed by atoms with Crippen molar-refractivity contribution in [3.63, 3.8) is 0 Å². The molecule has 0 atom stereocenters. The number of hydroxylamine groups is 2. The Morgan fingerprint density at radius 1 is 1.60 bits per heavy atom. The van der Waals surface area contributed by atoms with Crippen LogP contribution in [0.25, 0.3) is 5.65 Å². The Morgan fingerprint density at radius 3 is 3.13 bits per heavy atom. The average Bonchev–Trinajstić information content (AvgIpc) is 2.73. The molecule has 0 unspecified atom stereocenters. The van der Waals surface area contributed by atoms with Gasteiger partial charge < -0.3 is 0 Å². The molecule has 0 aliphatic heterocycles. The summed E-state index contributed by atoms with van der Waals surface area (Å²) in [4.78, 5) is 20.5. The van der Waals surface area contributed by atoms with Crippen molar-refractivity contribution in [3.8, 4) is 0 Å². The van der Waals surface area contributed by atoms with Gasteiger partial charge in [0.1, 0.15) is 6.33 Å². The lowest BCUT2D eigenvalue weighted by Gasteiger charge is -2.13. The Kier molecular flexibility index (Phi) is 2.34. The summed E-state index contributed by atoms with van der Waals surface area (Å²) in [6.45, 7) is 0. The molecule has 0 saturated heterocycles. The van der Waals surface area contributed by atoms with E-state index in [2.05, 4.69) is 10.1 Å². The average molecular weight is 206 g/mol. The zero-order valence-corrected chi connectivity index (χ0v) is 8.41. The van der Waals surface area contributed by atoms with Crippen LogP contribution in [0.1, 0.15) is 10.4 Å². The van der Waals surface area contributed by atoms with Crippen LogP contribution in [0.2, 0.25) is 0 Å². The molecule has 1 amide bonds. The van der Waals surface area contributed by atoms with Crippen LogP contribution in [0.5, 0.6) is 0 Å². The maximum Gasteiger partial charge on any atom is 0.277 e. The van der Waals surface area contributed by atoms with Crippen molar-refractivity contribution in [1.82, 2.24) is 19.7 Å². The molecule has 78 valence electrons. The molecule has 2 rings (SSSR count). The van der Waals surface area contributed by atoms with E-state index < -0.39 is 0 Å². The molecule has 2 heterocycles. The number of carbonyl (C=O) groups is 1. The molecule has 15 heavy (non-hydrogen) atoms. The lowest BCUT2D eigenvalue weighted by atomic mass is 10.2. The van der Waals surface area contributed by atoms with Crippen molar-refractivity contribution in [2.45, 2.75) is 0 Å². The second-order valence-electron chi connectivity index (χ2n) is 2.96. The van der Waals surface area contributed by atoms with Crippen LogP contribution >= 0.6 is 0 Å². The third-order valence-corrected chi connectivity index (χ3v) is 2.09. The van der Waals surface area contributed by atoms with Gasteiger partial charge in [-0.15, -0.1) is 0 Å². The summed E-state index contributed by atoms with van der Waals surface area (Å²) in [5.41, 5.74) is 1.14. The minimum absolute atomic E-state index is 0.219. The fourth-order valence-electron chi connectivity index (χ4n) is 1.21. The topological polar surface area (TPSA) is 59.7 Å². The molecule has 6 heteroatoms. The van der Waals surface area contributed by atoms with Crippen LogP contribution in [-0.2, 0) is 4.84 Å². The Labute approximate surface area is 86.0 Å². The van der Waals surface area contributed by atoms with Crippen molar-refractivity contribution in [2.75, 3.05) is 14.2 Å². The molecule has 0 spiro atoms. The summed E-state index contributed by atoms with van der Waals surface area (Å²) in [6, 6.07) is 3.32. The summed E-state index contributed by atoms with van der Waals surface area (Å²) in [5.74, 6) is -0.219. The van der Waals surface area contributed by atoms with E-state index in [-0.39, 0.29) is 5.91 Å². The van der Waals surface area contributed by atoms with Gasteiger partial charge in [0.25, 0.3) is 5.91 Å². The molecule has 0 bridgehead atoms. The van der Waals surface area contributed by atoms with E-state index in [0.29, 0.717) is 11.2 Å². The number of amides is 1. The second-order valence-corrected chi connectivity index (χ2v) is 2.96. The van der Waals surface area contributed by atoms with E-state index in [9.17, 15) is 4.79 Å². The fraction of sp³-hybridized carbons (Fsp3) is 0.222. The van der Waals surface area contributed by atoms with Gasteiger partial charge in [-0.3, -0.25) is 9.63 Å². The zero-order chi connectivity index (χ0) is 10.8. The molecular weight excluding hydrogens is 196 g/mol. The zero-order valence-electron chi connectivity index (χ0n) is 8.41. The van der Waals surface area contributed by atoms with Crippen molar-refractivity contribution >= 4 is 11.6 Å². The van der Waals surface area contributed by atoms with Gasteiger partial charge in [-0.1, -0.05) is 0 Å². The molecule has 0 aromatic carbocycles. The summed E-state index contributed by atoms with van der Waals surface area (Å²) >= 11 is 0. The predicted molar refractivity (Wildman–Crippen MR) is 52.1 cm³/mol. The Morgan fingerprint density at radius 2 is 2.40 bits per heavy atom. The first-order valence-corrected chi connectivity index (χ1v) is 4.34. The number of hydrogen-bond acceptors (Lipinski definition) is 4. The van der Waals surface area contributed by atoms with Crippen LogP contribution in [0, 0.1) is 0 Å². The maximum atomic E-state index is 11.7. The molecule has 2 aromatic heterocycles. The quantitative estimate of drug-likeness (QED) is 0.666. The number of fused-ring (bicyclic) bond motifs is 1. The van der Waals surface area contributed by atoms with Crippen molar-refractivity contribution in [1.29, 1.82) is 0 Å². The van der Waals surface area contributed by atoms with E-state index >= 15 is 0 Å². The smallest absolute Gasteiger partial charge is 0.274 e. The summed E-state index contributed by atoms with van der Waals surface area (Å²) in [6.07, 6.45) is 3.11.